The van der Waals surface area contributed by atoms with E-state index in [4.69, 9.17) is 0 Å². The molecule has 2 aromatic heterocycles. The summed E-state index contributed by atoms with van der Waals surface area (Å²) in [6.45, 7) is 3.78. The molecule has 0 spiro atoms. The van der Waals surface area contributed by atoms with E-state index in [2.05, 4.69) is 26.8 Å². The average molecular weight is 497 g/mol. The first-order valence-electron chi connectivity index (χ1n) is 11.5. The molecule has 0 saturated heterocycles. The van der Waals surface area contributed by atoms with Crippen molar-refractivity contribution in [1.82, 2.24) is 15.0 Å². The summed E-state index contributed by atoms with van der Waals surface area (Å²) in [5.41, 5.74) is 2.53. The van der Waals surface area contributed by atoms with Gasteiger partial charge in [-0.1, -0.05) is 43.9 Å². The molecule has 5 rings (SSSR count). The molecule has 7 nitrogen and oxygen atoms in total. The molecule has 0 fully saturated rings. The number of fused-ring (bicyclic) bond motifs is 2. The van der Waals surface area contributed by atoms with Crippen LogP contribution in [0.1, 0.15) is 19.4 Å². The van der Waals surface area contributed by atoms with Gasteiger partial charge in [0, 0.05) is 28.0 Å². The van der Waals surface area contributed by atoms with Crippen molar-refractivity contribution in [3.63, 3.8) is 0 Å². The van der Waals surface area contributed by atoms with Crippen LogP contribution in [0.15, 0.2) is 90.2 Å². The van der Waals surface area contributed by atoms with Crippen molar-refractivity contribution in [2.24, 2.45) is 5.92 Å². The van der Waals surface area contributed by atoms with Gasteiger partial charge >= 0.3 is 0 Å². The normalized spacial score (nSPS) is 12.4. The van der Waals surface area contributed by atoms with Crippen LogP contribution in [0.25, 0.3) is 21.8 Å². The minimum absolute atomic E-state index is 0.00768. The maximum Gasteiger partial charge on any atom is 0.269 e. The highest BCUT2D eigenvalue weighted by atomic mass is 32.2. The van der Waals surface area contributed by atoms with Crippen LogP contribution in [0.5, 0.6) is 0 Å². The van der Waals surface area contributed by atoms with Crippen molar-refractivity contribution in [1.29, 1.82) is 0 Å². The molecule has 2 heterocycles. The Morgan fingerprint density at radius 3 is 2.56 bits per heavy atom. The zero-order chi connectivity index (χ0) is 25.3. The highest BCUT2D eigenvalue weighted by molar-refractivity contribution is 7.93. The lowest BCUT2D eigenvalue weighted by Crippen LogP contribution is -2.27. The van der Waals surface area contributed by atoms with E-state index >= 15 is 0 Å². The summed E-state index contributed by atoms with van der Waals surface area (Å²) in [5, 5.41) is 11.5. The molecule has 36 heavy (non-hydrogen) atoms. The van der Waals surface area contributed by atoms with E-state index in [1.54, 1.807) is 60.8 Å². The highest BCUT2D eigenvalue weighted by Gasteiger charge is 2.29. The van der Waals surface area contributed by atoms with E-state index < -0.39 is 16.1 Å². The molecule has 0 aliphatic rings. The van der Waals surface area contributed by atoms with Gasteiger partial charge in [-0.05, 0) is 60.5 Å². The molecule has 0 radical (unpaired) electrons. The van der Waals surface area contributed by atoms with Gasteiger partial charge in [-0.3, -0.25) is 0 Å². The Balaban J connectivity index is 1.74. The average Bonchev–Trinajstić information content (AvgIpc) is 3.36. The lowest BCUT2D eigenvalue weighted by molar-refractivity contribution is 0.181. The van der Waals surface area contributed by atoms with E-state index in [1.165, 1.54) is 10.6 Å². The van der Waals surface area contributed by atoms with Crippen LogP contribution in [0.2, 0.25) is 0 Å². The maximum absolute atomic E-state index is 14.0. The quantitative estimate of drug-likeness (QED) is 0.334. The van der Waals surface area contributed by atoms with Gasteiger partial charge in [-0.25, -0.2) is 22.7 Å². The highest BCUT2D eigenvalue weighted by Crippen LogP contribution is 2.36. The van der Waals surface area contributed by atoms with Crippen molar-refractivity contribution in [3.05, 3.63) is 90.9 Å². The predicted molar refractivity (Wildman–Crippen MR) is 141 cm³/mol. The molecular formula is C28H24N4O3S. The molecule has 1 unspecified atom stereocenters. The Bertz CT molecular complexity index is 1720. The summed E-state index contributed by atoms with van der Waals surface area (Å²) < 4.78 is 29.3. The van der Waals surface area contributed by atoms with Crippen LogP contribution >= 0.6 is 0 Å². The fourth-order valence-electron chi connectivity index (χ4n) is 3.85. The first-order valence-corrected chi connectivity index (χ1v) is 12.9. The molecule has 0 amide bonds. The summed E-state index contributed by atoms with van der Waals surface area (Å²) in [4.78, 5) is 12.1. The van der Waals surface area contributed by atoms with Gasteiger partial charge < -0.3 is 10.1 Å². The summed E-state index contributed by atoms with van der Waals surface area (Å²) in [5.74, 6) is 6.04. The van der Waals surface area contributed by atoms with Crippen molar-refractivity contribution >= 4 is 43.3 Å². The van der Waals surface area contributed by atoms with E-state index in [0.29, 0.717) is 22.2 Å². The second-order valence-electron chi connectivity index (χ2n) is 8.72. The molecule has 1 atom stereocenters. The Morgan fingerprint density at radius 2 is 1.78 bits per heavy atom. The Hall–Kier alpha value is -4.19. The van der Waals surface area contributed by atoms with E-state index in [-0.39, 0.29) is 16.6 Å². The minimum atomic E-state index is -4.04. The van der Waals surface area contributed by atoms with Gasteiger partial charge in [0.2, 0.25) is 0 Å². The number of H-pyrrole nitrogens is 1. The van der Waals surface area contributed by atoms with Gasteiger partial charge in [-0.2, -0.15) is 0 Å². The lowest BCUT2D eigenvalue weighted by atomic mass is 10.1. The molecule has 8 heteroatoms. The Morgan fingerprint density at radius 1 is 0.972 bits per heavy atom. The third kappa shape index (κ3) is 4.42. The van der Waals surface area contributed by atoms with Gasteiger partial charge in [0.15, 0.2) is 5.82 Å². The Labute approximate surface area is 209 Å². The number of aliphatic hydroxyl groups is 1. The molecular weight excluding hydrogens is 472 g/mol. The molecule has 3 aromatic carbocycles. The van der Waals surface area contributed by atoms with Crippen molar-refractivity contribution in [2.75, 3.05) is 4.31 Å². The van der Waals surface area contributed by atoms with Crippen LogP contribution in [-0.4, -0.2) is 34.6 Å². The Kier molecular flexibility index (Phi) is 6.18. The zero-order valence-corrected chi connectivity index (χ0v) is 20.6. The monoisotopic (exact) mass is 496 g/mol. The lowest BCUT2D eigenvalue weighted by Gasteiger charge is -2.24. The van der Waals surface area contributed by atoms with Gasteiger partial charge in [0.1, 0.15) is 12.4 Å². The summed E-state index contributed by atoms with van der Waals surface area (Å²) in [6.07, 6.45) is 2.39. The number of hydrogen-bond donors (Lipinski definition) is 2. The fourth-order valence-corrected chi connectivity index (χ4v) is 5.32. The summed E-state index contributed by atoms with van der Waals surface area (Å²) >= 11 is 0. The third-order valence-electron chi connectivity index (χ3n) is 5.86. The second-order valence-corrected chi connectivity index (χ2v) is 10.5. The third-order valence-corrected chi connectivity index (χ3v) is 7.59. The number of benzene rings is 3. The number of hydrogen-bond acceptors (Lipinski definition) is 5. The number of aromatic amines is 1. The molecule has 0 aliphatic carbocycles. The zero-order valence-electron chi connectivity index (χ0n) is 19.8. The van der Waals surface area contributed by atoms with Gasteiger partial charge in [0.05, 0.1) is 16.1 Å². The molecule has 2 N–H and O–H groups in total. The molecule has 5 aromatic rings. The number of rotatable bonds is 5. The SMILES string of the molecule is CC(C)C(O)C#Cc1ccc2ncnc(N(c3ccc4[nH]ccc4c3)S(=O)(=O)c3ccccc3)c2c1. The summed E-state index contributed by atoms with van der Waals surface area (Å²) in [6, 6.07) is 20.9. The largest absolute Gasteiger partial charge is 0.380 e. The molecule has 0 saturated carbocycles. The summed E-state index contributed by atoms with van der Waals surface area (Å²) in [7, 11) is -4.04. The second kappa shape index (κ2) is 9.46. The number of aromatic nitrogens is 3. The van der Waals surface area contributed by atoms with Crippen LogP contribution in [0, 0.1) is 17.8 Å². The van der Waals surface area contributed by atoms with Gasteiger partial charge in [0.25, 0.3) is 10.0 Å². The number of sulfonamides is 1. The molecule has 0 bridgehead atoms. The predicted octanol–water partition coefficient (Wildman–Crippen LogP) is 5.01. The van der Waals surface area contributed by atoms with Gasteiger partial charge in [-0.15, -0.1) is 0 Å². The topological polar surface area (TPSA) is 99.2 Å². The van der Waals surface area contributed by atoms with Crippen molar-refractivity contribution < 1.29 is 13.5 Å². The van der Waals surface area contributed by atoms with E-state index in [9.17, 15) is 13.5 Å². The van der Waals surface area contributed by atoms with Crippen molar-refractivity contribution in [2.45, 2.75) is 24.8 Å². The van der Waals surface area contributed by atoms with Crippen LogP contribution in [0.3, 0.4) is 0 Å². The van der Waals surface area contributed by atoms with Crippen molar-refractivity contribution in [3.8, 4) is 11.8 Å². The van der Waals surface area contributed by atoms with Crippen LogP contribution in [-0.2, 0) is 10.0 Å². The number of nitrogens with zero attached hydrogens (tertiary/aromatic N) is 3. The number of nitrogens with one attached hydrogen (secondary N) is 1. The van der Waals surface area contributed by atoms with Crippen LogP contribution in [0.4, 0.5) is 11.5 Å². The first-order chi connectivity index (χ1) is 17.3. The number of aliphatic hydroxyl groups excluding tert-OH is 1. The first kappa shape index (κ1) is 23.5. The van der Waals surface area contributed by atoms with Crippen LogP contribution < -0.4 is 4.31 Å². The fraction of sp³-hybridized carbons (Fsp3) is 0.143. The maximum atomic E-state index is 14.0. The minimum Gasteiger partial charge on any atom is -0.380 e. The van der Waals surface area contributed by atoms with E-state index in [1.807, 2.05) is 32.0 Å². The number of anilines is 2. The smallest absolute Gasteiger partial charge is 0.269 e. The standard InChI is InChI=1S/C28H24N4O3S/c1-19(2)27(33)13-9-20-8-11-26-24(16-20)28(31-18-30-26)32(36(34,35)23-6-4-3-5-7-23)22-10-12-25-21(17-22)14-15-29-25/h3-8,10-12,14-19,27,29,33H,1-2H3. The molecule has 180 valence electrons. The van der Waals surface area contributed by atoms with E-state index in [0.717, 1.165) is 10.9 Å². The molecule has 0 aliphatic heterocycles.